The first-order chi connectivity index (χ1) is 15.0. The lowest BCUT2D eigenvalue weighted by molar-refractivity contribution is -0.133. The molecule has 4 rings (SSSR count). The van der Waals surface area contributed by atoms with E-state index in [-0.39, 0.29) is 17.9 Å². The number of ether oxygens (including phenoxy) is 1. The fourth-order valence-electron chi connectivity index (χ4n) is 4.84. The van der Waals surface area contributed by atoms with E-state index in [4.69, 9.17) is 4.74 Å². The van der Waals surface area contributed by atoms with Crippen molar-refractivity contribution in [2.45, 2.75) is 51.9 Å². The van der Waals surface area contributed by atoms with E-state index in [1.165, 1.54) is 11.1 Å². The van der Waals surface area contributed by atoms with Gasteiger partial charge in [-0.05, 0) is 44.2 Å². The van der Waals surface area contributed by atoms with Crippen molar-refractivity contribution in [1.29, 1.82) is 0 Å². The van der Waals surface area contributed by atoms with Crippen molar-refractivity contribution in [3.05, 3.63) is 65.2 Å². The van der Waals surface area contributed by atoms with Crippen molar-refractivity contribution >= 4 is 5.91 Å². The molecule has 0 radical (unpaired) electrons. The molecule has 2 heterocycles. The first-order valence-electron chi connectivity index (χ1n) is 11.5. The Morgan fingerprint density at radius 1 is 1.16 bits per heavy atom. The minimum absolute atomic E-state index is 0.106. The van der Waals surface area contributed by atoms with Gasteiger partial charge in [-0.3, -0.25) is 9.69 Å². The minimum Gasteiger partial charge on any atom is -0.489 e. The van der Waals surface area contributed by atoms with E-state index < -0.39 is 6.10 Å². The Balaban J connectivity index is 1.27. The van der Waals surface area contributed by atoms with Gasteiger partial charge >= 0.3 is 0 Å². The van der Waals surface area contributed by atoms with E-state index in [1.807, 2.05) is 35.2 Å². The van der Waals surface area contributed by atoms with Crippen LogP contribution in [0.4, 0.5) is 0 Å². The number of hydrogen-bond donors (Lipinski definition) is 1. The summed E-state index contributed by atoms with van der Waals surface area (Å²) in [6, 6.07) is 16.2. The summed E-state index contributed by atoms with van der Waals surface area (Å²) >= 11 is 0. The molecule has 1 fully saturated rings. The third-order valence-electron chi connectivity index (χ3n) is 6.58. The molecular formula is C26H34N2O3. The van der Waals surface area contributed by atoms with E-state index >= 15 is 0 Å². The maximum absolute atomic E-state index is 12.9. The van der Waals surface area contributed by atoms with Crippen LogP contribution in [0.5, 0.6) is 5.75 Å². The molecule has 2 aliphatic heterocycles. The summed E-state index contributed by atoms with van der Waals surface area (Å²) in [5.41, 5.74) is 3.40. The number of aliphatic hydroxyl groups excluding tert-OH is 1. The second-order valence-electron chi connectivity index (χ2n) is 9.10. The molecule has 1 N–H and O–H groups in total. The number of aliphatic hydroxyl groups is 1. The second kappa shape index (κ2) is 9.84. The van der Waals surface area contributed by atoms with Gasteiger partial charge in [0.05, 0.1) is 6.10 Å². The highest BCUT2D eigenvalue weighted by Gasteiger charge is 2.28. The van der Waals surface area contributed by atoms with Gasteiger partial charge in [0.25, 0.3) is 0 Å². The van der Waals surface area contributed by atoms with Crippen LogP contribution in [0.2, 0.25) is 0 Å². The molecule has 0 bridgehead atoms. The van der Waals surface area contributed by atoms with Crippen molar-refractivity contribution in [3.63, 3.8) is 0 Å². The summed E-state index contributed by atoms with van der Waals surface area (Å²) in [6.45, 7) is 8.04. The predicted molar refractivity (Wildman–Crippen MR) is 122 cm³/mol. The van der Waals surface area contributed by atoms with Crippen molar-refractivity contribution in [3.8, 4) is 5.75 Å². The lowest BCUT2D eigenvalue weighted by Crippen LogP contribution is -2.41. The molecule has 0 spiro atoms. The lowest BCUT2D eigenvalue weighted by Gasteiger charge is -2.35. The highest BCUT2D eigenvalue weighted by Crippen LogP contribution is 2.31. The number of rotatable bonds is 5. The van der Waals surface area contributed by atoms with Crippen LogP contribution in [0.3, 0.4) is 0 Å². The number of hydrogen-bond acceptors (Lipinski definition) is 4. The van der Waals surface area contributed by atoms with Crippen LogP contribution < -0.4 is 4.74 Å². The van der Waals surface area contributed by atoms with E-state index in [0.717, 1.165) is 56.9 Å². The molecule has 2 aromatic carbocycles. The number of likely N-dealkylation sites (tertiary alicyclic amines) is 1. The highest BCUT2D eigenvalue weighted by molar-refractivity contribution is 5.76. The van der Waals surface area contributed by atoms with Gasteiger partial charge in [-0.2, -0.15) is 0 Å². The summed E-state index contributed by atoms with van der Waals surface area (Å²) in [6.07, 6.45) is 1.89. The van der Waals surface area contributed by atoms with Crippen LogP contribution in [0, 0.1) is 12.8 Å². The van der Waals surface area contributed by atoms with E-state index in [9.17, 15) is 9.90 Å². The maximum Gasteiger partial charge on any atom is 0.223 e. The number of fused-ring (bicyclic) bond motifs is 1. The van der Waals surface area contributed by atoms with Gasteiger partial charge in [-0.1, -0.05) is 48.0 Å². The van der Waals surface area contributed by atoms with Crippen LogP contribution in [0.25, 0.3) is 0 Å². The molecule has 2 aliphatic rings. The quantitative estimate of drug-likeness (QED) is 0.793. The molecule has 2 atom stereocenters. The van der Waals surface area contributed by atoms with Crippen LogP contribution in [-0.4, -0.2) is 53.1 Å². The summed E-state index contributed by atoms with van der Waals surface area (Å²) in [7, 11) is 0. The SMILES string of the molecule is Cc1ccc2c(c1)CN(CCC(=O)N1CCC([C@@H](O)c3ccccc3)CC1)C[C@H](C)O2. The molecule has 166 valence electrons. The van der Waals surface area contributed by atoms with Crippen molar-refractivity contribution < 1.29 is 14.6 Å². The van der Waals surface area contributed by atoms with Gasteiger partial charge in [0.1, 0.15) is 11.9 Å². The Morgan fingerprint density at radius 2 is 1.90 bits per heavy atom. The molecular weight excluding hydrogens is 388 g/mol. The van der Waals surface area contributed by atoms with Gasteiger partial charge in [0.2, 0.25) is 5.91 Å². The van der Waals surface area contributed by atoms with Gasteiger partial charge < -0.3 is 14.7 Å². The normalized spacial score (nSPS) is 21.1. The van der Waals surface area contributed by atoms with Crippen LogP contribution in [0.1, 0.15) is 49.0 Å². The standard InChI is InChI=1S/C26H34N2O3/c1-19-8-9-24-23(16-19)18-27(17-20(2)31-24)13-12-25(29)28-14-10-22(11-15-28)26(30)21-6-4-3-5-7-21/h3-9,16,20,22,26,30H,10-15,17-18H2,1-2H3/t20-,26-/m0/s1. The second-order valence-corrected chi connectivity index (χ2v) is 9.10. The molecule has 0 saturated carbocycles. The Labute approximate surface area is 185 Å². The molecule has 31 heavy (non-hydrogen) atoms. The van der Waals surface area contributed by atoms with Crippen molar-refractivity contribution in [2.24, 2.45) is 5.92 Å². The van der Waals surface area contributed by atoms with Gasteiger partial charge in [-0.25, -0.2) is 0 Å². The van der Waals surface area contributed by atoms with E-state index in [1.54, 1.807) is 0 Å². The Morgan fingerprint density at radius 3 is 2.65 bits per heavy atom. The van der Waals surface area contributed by atoms with Crippen molar-refractivity contribution in [2.75, 3.05) is 26.2 Å². The van der Waals surface area contributed by atoms with E-state index in [0.29, 0.717) is 6.42 Å². The van der Waals surface area contributed by atoms with Crippen LogP contribution in [-0.2, 0) is 11.3 Å². The zero-order chi connectivity index (χ0) is 21.8. The molecule has 5 nitrogen and oxygen atoms in total. The number of amides is 1. The van der Waals surface area contributed by atoms with E-state index in [2.05, 4.69) is 36.9 Å². The van der Waals surface area contributed by atoms with Crippen molar-refractivity contribution in [1.82, 2.24) is 9.80 Å². The fourth-order valence-corrected chi connectivity index (χ4v) is 4.84. The monoisotopic (exact) mass is 422 g/mol. The zero-order valence-corrected chi connectivity index (χ0v) is 18.7. The maximum atomic E-state index is 12.9. The Kier molecular flexibility index (Phi) is 6.93. The highest BCUT2D eigenvalue weighted by atomic mass is 16.5. The number of piperidine rings is 1. The number of aryl methyl sites for hydroxylation is 1. The number of carbonyl (C=O) groups is 1. The zero-order valence-electron chi connectivity index (χ0n) is 18.7. The molecule has 1 amide bonds. The first-order valence-corrected chi connectivity index (χ1v) is 11.5. The first kappa shape index (κ1) is 21.8. The van der Waals surface area contributed by atoms with Gasteiger partial charge in [-0.15, -0.1) is 0 Å². The summed E-state index contributed by atoms with van der Waals surface area (Å²) in [5.74, 6) is 1.40. The molecule has 1 saturated heterocycles. The molecule has 0 aromatic heterocycles. The third kappa shape index (κ3) is 5.46. The largest absolute Gasteiger partial charge is 0.489 e. The molecule has 0 aliphatic carbocycles. The third-order valence-corrected chi connectivity index (χ3v) is 6.58. The number of carbonyl (C=O) groups excluding carboxylic acids is 1. The average Bonchev–Trinajstić information content (AvgIpc) is 2.95. The van der Waals surface area contributed by atoms with Crippen LogP contribution >= 0.6 is 0 Å². The predicted octanol–water partition coefficient (Wildman–Crippen LogP) is 3.94. The summed E-state index contributed by atoms with van der Waals surface area (Å²) < 4.78 is 6.08. The molecule has 5 heteroatoms. The van der Waals surface area contributed by atoms with Gasteiger partial charge in [0, 0.05) is 44.7 Å². The summed E-state index contributed by atoms with van der Waals surface area (Å²) in [4.78, 5) is 17.2. The fraction of sp³-hybridized carbons (Fsp3) is 0.500. The van der Waals surface area contributed by atoms with Gasteiger partial charge in [0.15, 0.2) is 0 Å². The van der Waals surface area contributed by atoms with Crippen LogP contribution in [0.15, 0.2) is 48.5 Å². The topological polar surface area (TPSA) is 53.0 Å². The molecule has 2 aromatic rings. The smallest absolute Gasteiger partial charge is 0.223 e. The Hall–Kier alpha value is -2.37. The molecule has 0 unspecified atom stereocenters. The average molecular weight is 423 g/mol. The Bertz CT molecular complexity index is 877. The number of benzene rings is 2. The number of nitrogens with zero attached hydrogens (tertiary/aromatic N) is 2. The summed E-state index contributed by atoms with van der Waals surface area (Å²) in [5, 5.41) is 10.7. The lowest BCUT2D eigenvalue weighted by atomic mass is 9.87. The minimum atomic E-state index is -0.444.